The first kappa shape index (κ1) is 19.3. The summed E-state index contributed by atoms with van der Waals surface area (Å²) in [5.74, 6) is -11.8. The lowest BCUT2D eigenvalue weighted by Crippen LogP contribution is -2.37. The molecule has 0 fully saturated rings. The van der Waals surface area contributed by atoms with Crippen LogP contribution in [-0.2, 0) is 6.42 Å². The molecule has 29 heavy (non-hydrogen) atoms. The highest BCUT2D eigenvalue weighted by Gasteiger charge is 2.36. The molecule has 0 aliphatic heterocycles. The Balaban J connectivity index is 1.85. The molecule has 4 rings (SSSR count). The first-order chi connectivity index (χ1) is 13.7. The molecule has 0 atom stereocenters. The van der Waals surface area contributed by atoms with Crippen LogP contribution in [0.15, 0.2) is 30.3 Å². The predicted molar refractivity (Wildman–Crippen MR) is 89.1 cm³/mol. The highest BCUT2D eigenvalue weighted by molar-refractivity contribution is 6.60. The van der Waals surface area contributed by atoms with Crippen LogP contribution in [0.2, 0.25) is 0 Å². The van der Waals surface area contributed by atoms with Crippen LogP contribution in [0, 0.1) is 40.7 Å². The van der Waals surface area contributed by atoms with Crippen LogP contribution >= 0.6 is 0 Å². The average molecular weight is 412 g/mol. The summed E-state index contributed by atoms with van der Waals surface area (Å²) in [6.07, 6.45) is -0.337. The second kappa shape index (κ2) is 6.80. The maximum atomic E-state index is 14.4. The minimum absolute atomic E-state index is 0.0509. The molecular weight excluding hydrogens is 404 g/mol. The minimum Gasteiger partial charge on any atom is -0.530 e. The molecule has 1 aliphatic rings. The van der Waals surface area contributed by atoms with Gasteiger partial charge in [-0.25, -0.2) is 26.3 Å². The van der Waals surface area contributed by atoms with E-state index >= 15 is 0 Å². The molecular formula is C19H8BF7O2. The van der Waals surface area contributed by atoms with Crippen molar-refractivity contribution in [3.63, 3.8) is 0 Å². The fourth-order valence-electron chi connectivity index (χ4n) is 3.28. The Morgan fingerprint density at radius 3 is 2.10 bits per heavy atom. The molecule has 148 valence electrons. The van der Waals surface area contributed by atoms with Gasteiger partial charge in [0.25, 0.3) is 0 Å². The minimum atomic E-state index is -2.08. The van der Waals surface area contributed by atoms with Gasteiger partial charge in [-0.2, -0.15) is 4.39 Å². The van der Waals surface area contributed by atoms with Gasteiger partial charge >= 0.3 is 7.12 Å². The summed E-state index contributed by atoms with van der Waals surface area (Å²) in [6.45, 7) is 0. The number of rotatable bonds is 3. The Bertz CT molecular complexity index is 1170. The van der Waals surface area contributed by atoms with E-state index in [0.29, 0.717) is 12.1 Å². The second-order valence-corrected chi connectivity index (χ2v) is 6.34. The lowest BCUT2D eigenvalue weighted by Gasteiger charge is -2.16. The molecule has 10 heteroatoms. The predicted octanol–water partition coefficient (Wildman–Crippen LogP) is 4.00. The standard InChI is InChI=1S/C19H8BF7O2/c21-10-4-2-8(6-12(10)23)20(28)29-19-9-5-7-1-3-11(22)15(24)13(7)14(9)16(25)17(26)18(19)27/h1-4,6,28H,5H2. The van der Waals surface area contributed by atoms with E-state index in [9.17, 15) is 35.8 Å². The van der Waals surface area contributed by atoms with E-state index < -0.39 is 64.7 Å². The van der Waals surface area contributed by atoms with Crippen molar-refractivity contribution in [2.75, 3.05) is 0 Å². The topological polar surface area (TPSA) is 29.5 Å². The molecule has 0 spiro atoms. The van der Waals surface area contributed by atoms with Gasteiger partial charge in [0.15, 0.2) is 34.9 Å². The zero-order valence-electron chi connectivity index (χ0n) is 14.2. The molecule has 1 aliphatic carbocycles. The number of hydrogen-bond donors (Lipinski definition) is 1. The number of fused-ring (bicyclic) bond motifs is 3. The normalized spacial score (nSPS) is 12.0. The fraction of sp³-hybridized carbons (Fsp3) is 0.0526. The summed E-state index contributed by atoms with van der Waals surface area (Å²) in [5, 5.41) is 10.1. The third-order valence-corrected chi connectivity index (χ3v) is 4.64. The van der Waals surface area contributed by atoms with E-state index in [1.807, 2.05) is 0 Å². The Kier molecular flexibility index (Phi) is 4.53. The number of hydrogen-bond acceptors (Lipinski definition) is 2. The second-order valence-electron chi connectivity index (χ2n) is 6.34. The zero-order valence-corrected chi connectivity index (χ0v) is 14.2. The van der Waals surface area contributed by atoms with E-state index in [4.69, 9.17) is 4.65 Å². The van der Waals surface area contributed by atoms with Crippen LogP contribution in [0.25, 0.3) is 11.1 Å². The zero-order chi connectivity index (χ0) is 21.0. The lowest BCUT2D eigenvalue weighted by atomic mass is 9.79. The van der Waals surface area contributed by atoms with Crippen molar-refractivity contribution in [1.29, 1.82) is 0 Å². The molecule has 1 N–H and O–H groups in total. The maximum Gasteiger partial charge on any atom is 0.560 e. The lowest BCUT2D eigenvalue weighted by molar-refractivity contribution is 0.384. The fourth-order valence-corrected chi connectivity index (χ4v) is 3.28. The highest BCUT2D eigenvalue weighted by Crippen LogP contribution is 2.46. The maximum absolute atomic E-state index is 14.4. The van der Waals surface area contributed by atoms with Gasteiger partial charge in [0.1, 0.15) is 5.75 Å². The third kappa shape index (κ3) is 2.94. The van der Waals surface area contributed by atoms with Crippen LogP contribution < -0.4 is 10.1 Å². The van der Waals surface area contributed by atoms with Crippen molar-refractivity contribution in [3.05, 3.63) is 82.2 Å². The molecule has 2 nitrogen and oxygen atoms in total. The van der Waals surface area contributed by atoms with E-state index in [1.54, 1.807) is 0 Å². The summed E-state index contributed by atoms with van der Waals surface area (Å²) >= 11 is 0. The molecule has 0 saturated heterocycles. The molecule has 0 bridgehead atoms. The Morgan fingerprint density at radius 1 is 0.724 bits per heavy atom. The molecule has 3 aromatic carbocycles. The van der Waals surface area contributed by atoms with E-state index in [0.717, 1.165) is 18.2 Å². The van der Waals surface area contributed by atoms with Gasteiger partial charge in [-0.15, -0.1) is 0 Å². The number of benzene rings is 3. The van der Waals surface area contributed by atoms with Crippen molar-refractivity contribution >= 4 is 12.6 Å². The van der Waals surface area contributed by atoms with Gasteiger partial charge in [0, 0.05) is 23.1 Å². The van der Waals surface area contributed by atoms with Gasteiger partial charge in [-0.1, -0.05) is 12.1 Å². The third-order valence-electron chi connectivity index (χ3n) is 4.64. The van der Waals surface area contributed by atoms with Gasteiger partial charge in [-0.05, 0) is 29.2 Å². The Labute approximate surface area is 159 Å². The van der Waals surface area contributed by atoms with Crippen molar-refractivity contribution < 1.29 is 40.4 Å². The van der Waals surface area contributed by atoms with Crippen LogP contribution in [0.4, 0.5) is 30.7 Å². The van der Waals surface area contributed by atoms with E-state index in [-0.39, 0.29) is 23.0 Å². The van der Waals surface area contributed by atoms with Crippen molar-refractivity contribution in [3.8, 4) is 16.9 Å². The average Bonchev–Trinajstić information content (AvgIpc) is 3.08. The molecule has 0 aromatic heterocycles. The first-order valence-electron chi connectivity index (χ1n) is 8.17. The summed E-state index contributed by atoms with van der Waals surface area (Å²) in [5.41, 5.74) is -1.96. The quantitative estimate of drug-likeness (QED) is 0.313. The van der Waals surface area contributed by atoms with Crippen LogP contribution in [0.5, 0.6) is 5.75 Å². The van der Waals surface area contributed by atoms with Gasteiger partial charge in [-0.3, -0.25) is 0 Å². The molecule has 0 unspecified atom stereocenters. The number of halogens is 7. The van der Waals surface area contributed by atoms with Gasteiger partial charge in [0.05, 0.1) is 0 Å². The van der Waals surface area contributed by atoms with Crippen LogP contribution in [0.1, 0.15) is 11.1 Å². The van der Waals surface area contributed by atoms with Gasteiger partial charge < -0.3 is 9.68 Å². The molecule has 0 radical (unpaired) electrons. The summed E-state index contributed by atoms with van der Waals surface area (Å²) in [7, 11) is -2.08. The van der Waals surface area contributed by atoms with Crippen molar-refractivity contribution in [2.24, 2.45) is 0 Å². The smallest absolute Gasteiger partial charge is 0.530 e. The SMILES string of the molecule is OB(Oc1c(F)c(F)c(F)c2c1Cc1ccc(F)c(F)c1-2)c1ccc(F)c(F)c1. The highest BCUT2D eigenvalue weighted by atomic mass is 19.2. The van der Waals surface area contributed by atoms with Crippen LogP contribution in [0.3, 0.4) is 0 Å². The Hall–Kier alpha value is -3.01. The molecule has 0 saturated carbocycles. The monoisotopic (exact) mass is 412 g/mol. The van der Waals surface area contributed by atoms with E-state index in [2.05, 4.69) is 0 Å². The molecule has 0 heterocycles. The molecule has 3 aromatic rings. The summed E-state index contributed by atoms with van der Waals surface area (Å²) in [6, 6.07) is 4.09. The largest absolute Gasteiger partial charge is 0.560 e. The van der Waals surface area contributed by atoms with E-state index in [1.165, 1.54) is 0 Å². The summed E-state index contributed by atoms with van der Waals surface area (Å²) in [4.78, 5) is 0. The molecule has 0 amide bonds. The van der Waals surface area contributed by atoms with Crippen molar-refractivity contribution in [1.82, 2.24) is 0 Å². The Morgan fingerprint density at radius 2 is 1.41 bits per heavy atom. The van der Waals surface area contributed by atoms with Crippen LogP contribution in [-0.4, -0.2) is 12.1 Å². The summed E-state index contributed by atoms with van der Waals surface area (Å²) < 4.78 is 102. The van der Waals surface area contributed by atoms with Gasteiger partial charge in [0.2, 0.25) is 5.82 Å². The first-order valence-corrected chi connectivity index (χ1v) is 8.17. The van der Waals surface area contributed by atoms with Crippen molar-refractivity contribution in [2.45, 2.75) is 6.42 Å².